The van der Waals surface area contributed by atoms with Crippen LogP contribution in [0.5, 0.6) is 0 Å². The Hall–Kier alpha value is -2.98. The number of ether oxygens (including phenoxy) is 1. The van der Waals surface area contributed by atoms with Crippen LogP contribution in [0.1, 0.15) is 29.6 Å². The van der Waals surface area contributed by atoms with E-state index in [2.05, 4.69) is 0 Å². The van der Waals surface area contributed by atoms with Gasteiger partial charge in [-0.3, -0.25) is 0 Å². The Morgan fingerprint density at radius 3 is 2.54 bits per heavy atom. The average Bonchev–Trinajstić information content (AvgIpc) is 2.97. The van der Waals surface area contributed by atoms with Crippen molar-refractivity contribution in [3.8, 4) is 11.1 Å². The molecule has 2 aliphatic heterocycles. The first-order valence-corrected chi connectivity index (χ1v) is 13.8. The molecular formula is C27H26ClFN2O5S. The smallest absolute Gasteiger partial charge is 0.338 e. The molecule has 10 heteroatoms. The van der Waals surface area contributed by atoms with Gasteiger partial charge >= 0.3 is 5.97 Å². The largest absolute Gasteiger partial charge is 0.478 e. The van der Waals surface area contributed by atoms with Crippen molar-refractivity contribution in [1.29, 1.82) is 0 Å². The summed E-state index contributed by atoms with van der Waals surface area (Å²) >= 11 is 6.69. The molecule has 5 rings (SSSR count). The van der Waals surface area contributed by atoms with Gasteiger partial charge in [0, 0.05) is 31.5 Å². The number of hydrogen-bond donors (Lipinski definition) is 1. The highest BCUT2D eigenvalue weighted by Gasteiger charge is 2.41. The number of rotatable bonds is 4. The molecule has 2 heterocycles. The average molecular weight is 545 g/mol. The molecule has 1 N–H and O–H groups in total. The van der Waals surface area contributed by atoms with Crippen LogP contribution in [0, 0.1) is 5.82 Å². The number of sulfonamides is 1. The summed E-state index contributed by atoms with van der Waals surface area (Å²) in [6.07, 6.45) is 2.39. The Kier molecular flexibility index (Phi) is 6.97. The first-order valence-electron chi connectivity index (χ1n) is 12.0. The highest BCUT2D eigenvalue weighted by atomic mass is 35.5. The number of likely N-dealkylation sites (N-methyl/N-ethyl adjacent to an activating group) is 1. The predicted octanol–water partition coefficient (Wildman–Crippen LogP) is 5.55. The van der Waals surface area contributed by atoms with Crippen molar-refractivity contribution in [2.24, 2.45) is 0 Å². The van der Waals surface area contributed by atoms with Crippen molar-refractivity contribution >= 4 is 39.0 Å². The number of aromatic carboxylic acids is 1. The Labute approximate surface area is 220 Å². The molecule has 0 amide bonds. The molecule has 2 aliphatic rings. The van der Waals surface area contributed by atoms with E-state index < -0.39 is 33.4 Å². The summed E-state index contributed by atoms with van der Waals surface area (Å²) in [6.45, 7) is 0.937. The maximum Gasteiger partial charge on any atom is 0.338 e. The van der Waals surface area contributed by atoms with Crippen molar-refractivity contribution in [2.75, 3.05) is 25.1 Å². The summed E-state index contributed by atoms with van der Waals surface area (Å²) in [4.78, 5) is 13.5. The molecule has 0 saturated carbocycles. The van der Waals surface area contributed by atoms with Crippen LogP contribution >= 0.6 is 11.6 Å². The topological polar surface area (TPSA) is 87.2 Å². The molecule has 3 aromatic rings. The molecular weight excluding hydrogens is 519 g/mol. The molecule has 3 aromatic carbocycles. The Morgan fingerprint density at radius 1 is 1.11 bits per heavy atom. The summed E-state index contributed by atoms with van der Waals surface area (Å²) in [5.41, 5.74) is 1.27. The van der Waals surface area contributed by atoms with Crippen LogP contribution in [0.4, 0.5) is 15.8 Å². The highest BCUT2D eigenvalue weighted by molar-refractivity contribution is 7.89. The lowest BCUT2D eigenvalue weighted by Crippen LogP contribution is -2.50. The van der Waals surface area contributed by atoms with Crippen LogP contribution in [0.2, 0.25) is 5.02 Å². The minimum absolute atomic E-state index is 0.0257. The van der Waals surface area contributed by atoms with Crippen molar-refractivity contribution in [2.45, 2.75) is 36.3 Å². The van der Waals surface area contributed by atoms with E-state index >= 15 is 0 Å². The number of carboxylic acid groups (broad SMARTS) is 1. The standard InChI is InChI=1S/C27H26ClFN2O5S/c1-30-24(25-9-5-6-12-36-25)16-31(18-7-3-2-4-8-18)23-15-21(28)19(14-26(23)37(30,34)35)17-10-11-22(29)20(13-17)27(32)33/h2-4,7-8,10-11,13-15,24-25H,5-6,9,12,16H2,1H3,(H,32,33)/t24-,25?/m0/s1. The van der Waals surface area contributed by atoms with Gasteiger partial charge in [0.2, 0.25) is 10.0 Å². The van der Waals surface area contributed by atoms with Crippen LogP contribution in [0.15, 0.2) is 65.6 Å². The van der Waals surface area contributed by atoms with Gasteiger partial charge in [-0.2, -0.15) is 4.31 Å². The Bertz CT molecular complexity index is 1440. The van der Waals surface area contributed by atoms with E-state index in [9.17, 15) is 22.7 Å². The van der Waals surface area contributed by atoms with E-state index in [0.29, 0.717) is 30.0 Å². The molecule has 0 bridgehead atoms. The number of para-hydroxylation sites is 1. The zero-order valence-electron chi connectivity index (χ0n) is 20.1. The minimum Gasteiger partial charge on any atom is -0.478 e. The second-order valence-electron chi connectivity index (χ2n) is 9.24. The quantitative estimate of drug-likeness (QED) is 0.463. The fourth-order valence-corrected chi connectivity index (χ4v) is 6.88. The van der Waals surface area contributed by atoms with Crippen molar-refractivity contribution in [1.82, 2.24) is 4.31 Å². The third-order valence-electron chi connectivity index (χ3n) is 7.05. The Balaban J connectivity index is 1.71. The summed E-state index contributed by atoms with van der Waals surface area (Å²) in [5.74, 6) is -2.32. The lowest BCUT2D eigenvalue weighted by Gasteiger charge is -2.36. The number of fused-ring (bicyclic) bond motifs is 1. The van der Waals surface area contributed by atoms with Gasteiger partial charge in [-0.15, -0.1) is 0 Å². The molecule has 2 atom stereocenters. The van der Waals surface area contributed by atoms with Crippen molar-refractivity contribution < 1.29 is 27.4 Å². The summed E-state index contributed by atoms with van der Waals surface area (Å²) in [5, 5.41) is 9.59. The molecule has 0 spiro atoms. The number of benzene rings is 3. The summed E-state index contributed by atoms with van der Waals surface area (Å²) in [7, 11) is -2.46. The van der Waals surface area contributed by atoms with E-state index in [-0.39, 0.29) is 16.0 Å². The molecule has 37 heavy (non-hydrogen) atoms. The number of anilines is 2. The number of nitrogens with zero attached hydrogens (tertiary/aromatic N) is 2. The predicted molar refractivity (Wildman–Crippen MR) is 140 cm³/mol. The first kappa shape index (κ1) is 25.7. The maximum atomic E-state index is 14.1. The molecule has 0 aliphatic carbocycles. The Morgan fingerprint density at radius 2 is 1.86 bits per heavy atom. The van der Waals surface area contributed by atoms with Crippen LogP contribution in [-0.2, 0) is 14.8 Å². The van der Waals surface area contributed by atoms with Gasteiger partial charge in [-0.25, -0.2) is 17.6 Å². The summed E-state index contributed by atoms with van der Waals surface area (Å²) in [6, 6.07) is 15.6. The molecule has 1 unspecified atom stereocenters. The third-order valence-corrected chi connectivity index (χ3v) is 9.28. The van der Waals surface area contributed by atoms with Gasteiger partial charge in [-0.1, -0.05) is 35.9 Å². The van der Waals surface area contributed by atoms with Crippen molar-refractivity contribution in [3.63, 3.8) is 0 Å². The number of hydrogen-bond acceptors (Lipinski definition) is 5. The normalized spacial score (nSPS) is 21.8. The lowest BCUT2D eigenvalue weighted by atomic mass is 10.00. The molecule has 0 aromatic heterocycles. The monoisotopic (exact) mass is 544 g/mol. The van der Waals surface area contributed by atoms with E-state index in [1.54, 1.807) is 13.1 Å². The molecule has 1 saturated heterocycles. The zero-order valence-corrected chi connectivity index (χ0v) is 21.7. The van der Waals surface area contributed by atoms with Gasteiger partial charge in [0.1, 0.15) is 10.7 Å². The SMILES string of the molecule is CN1[C@H](C2CCCCO2)CN(c2ccccc2)c2cc(Cl)c(-c3ccc(F)c(C(=O)O)c3)cc2S1(=O)=O. The van der Waals surface area contributed by atoms with E-state index in [1.807, 2.05) is 35.2 Å². The highest BCUT2D eigenvalue weighted by Crippen LogP contribution is 2.43. The van der Waals surface area contributed by atoms with E-state index in [0.717, 1.165) is 37.1 Å². The van der Waals surface area contributed by atoms with Gasteiger partial charge in [0.05, 0.1) is 28.4 Å². The van der Waals surface area contributed by atoms with Gasteiger partial charge < -0.3 is 14.7 Å². The van der Waals surface area contributed by atoms with E-state index in [4.69, 9.17) is 16.3 Å². The van der Waals surface area contributed by atoms with Crippen LogP contribution in [0.3, 0.4) is 0 Å². The molecule has 7 nitrogen and oxygen atoms in total. The number of carbonyl (C=O) groups is 1. The molecule has 194 valence electrons. The summed E-state index contributed by atoms with van der Waals surface area (Å²) < 4.78 is 49.5. The van der Waals surface area contributed by atoms with Gasteiger partial charge in [-0.05, 0) is 61.2 Å². The van der Waals surface area contributed by atoms with E-state index in [1.165, 1.54) is 16.4 Å². The van der Waals surface area contributed by atoms with Gasteiger partial charge in [0.15, 0.2) is 0 Å². The fraction of sp³-hybridized carbons (Fsp3) is 0.296. The fourth-order valence-electron chi connectivity index (χ4n) is 5.05. The minimum atomic E-state index is -4.02. The zero-order chi connectivity index (χ0) is 26.3. The van der Waals surface area contributed by atoms with Crippen LogP contribution < -0.4 is 4.90 Å². The first-order chi connectivity index (χ1) is 17.7. The van der Waals surface area contributed by atoms with Crippen LogP contribution in [0.25, 0.3) is 11.1 Å². The second kappa shape index (κ2) is 10.1. The van der Waals surface area contributed by atoms with Crippen LogP contribution in [-0.4, -0.2) is 56.1 Å². The lowest BCUT2D eigenvalue weighted by molar-refractivity contribution is -0.0182. The van der Waals surface area contributed by atoms with Gasteiger partial charge in [0.25, 0.3) is 0 Å². The third kappa shape index (κ3) is 4.72. The molecule has 1 fully saturated rings. The maximum absolute atomic E-state index is 14.1. The second-order valence-corrected chi connectivity index (χ2v) is 11.6. The molecule has 0 radical (unpaired) electrons. The van der Waals surface area contributed by atoms with Crippen molar-refractivity contribution in [3.05, 3.63) is 77.1 Å². The number of carboxylic acids is 1. The number of halogens is 2.